The van der Waals surface area contributed by atoms with Crippen LogP contribution >= 0.6 is 0 Å². The first-order valence-corrected chi connectivity index (χ1v) is 9.73. The highest BCUT2D eigenvalue weighted by Gasteiger charge is 2.38. The first kappa shape index (κ1) is 20.6. The van der Waals surface area contributed by atoms with Crippen LogP contribution in [-0.2, 0) is 19.1 Å². The Bertz CT molecular complexity index is 910. The van der Waals surface area contributed by atoms with Gasteiger partial charge in [-0.1, -0.05) is 48.0 Å². The maximum absolute atomic E-state index is 12.4. The first-order chi connectivity index (χ1) is 13.8. The lowest BCUT2D eigenvalue weighted by molar-refractivity contribution is -0.151. The minimum Gasteiger partial charge on any atom is -0.455 e. The van der Waals surface area contributed by atoms with E-state index in [1.165, 1.54) is 0 Å². The lowest BCUT2D eigenvalue weighted by Gasteiger charge is -2.25. The van der Waals surface area contributed by atoms with Gasteiger partial charge < -0.3 is 15.0 Å². The minimum absolute atomic E-state index is 0.0805. The highest BCUT2D eigenvalue weighted by atomic mass is 16.5. The molecule has 152 valence electrons. The van der Waals surface area contributed by atoms with Gasteiger partial charge in [0.15, 0.2) is 6.61 Å². The van der Waals surface area contributed by atoms with Crippen molar-refractivity contribution in [1.82, 2.24) is 4.90 Å². The summed E-state index contributed by atoms with van der Waals surface area (Å²) in [7, 11) is 0. The van der Waals surface area contributed by atoms with Crippen molar-refractivity contribution in [2.75, 3.05) is 18.5 Å². The van der Waals surface area contributed by atoms with Crippen molar-refractivity contribution in [3.8, 4) is 0 Å². The molecule has 0 saturated carbocycles. The van der Waals surface area contributed by atoms with Gasteiger partial charge in [0, 0.05) is 18.7 Å². The molecule has 0 unspecified atom stereocenters. The van der Waals surface area contributed by atoms with E-state index in [1.807, 2.05) is 69.3 Å². The van der Waals surface area contributed by atoms with Crippen LogP contribution in [0.2, 0.25) is 0 Å². The zero-order chi connectivity index (χ0) is 21.0. The SMILES string of the molecule is Cc1ccc(NC(=O)COC(=O)[C@H]2CC(=O)N([C@H](C)c3ccccc3)C2)c(C)c1. The largest absolute Gasteiger partial charge is 0.455 e. The van der Waals surface area contributed by atoms with E-state index in [2.05, 4.69) is 5.32 Å². The number of nitrogens with one attached hydrogen (secondary N) is 1. The van der Waals surface area contributed by atoms with E-state index in [1.54, 1.807) is 4.90 Å². The zero-order valence-corrected chi connectivity index (χ0v) is 17.0. The molecule has 29 heavy (non-hydrogen) atoms. The number of rotatable bonds is 6. The van der Waals surface area contributed by atoms with Crippen LogP contribution in [0.25, 0.3) is 0 Å². The Hall–Kier alpha value is -3.15. The van der Waals surface area contributed by atoms with Gasteiger partial charge in [-0.3, -0.25) is 14.4 Å². The summed E-state index contributed by atoms with van der Waals surface area (Å²) in [6.45, 7) is 5.75. The fraction of sp³-hybridized carbons (Fsp3) is 0.348. The number of amides is 2. The van der Waals surface area contributed by atoms with Crippen LogP contribution in [0.15, 0.2) is 48.5 Å². The van der Waals surface area contributed by atoms with Crippen LogP contribution in [0.1, 0.15) is 36.1 Å². The van der Waals surface area contributed by atoms with Gasteiger partial charge in [-0.25, -0.2) is 0 Å². The Morgan fingerprint density at radius 3 is 2.59 bits per heavy atom. The lowest BCUT2D eigenvalue weighted by atomic mass is 10.1. The van der Waals surface area contributed by atoms with E-state index in [0.29, 0.717) is 12.2 Å². The van der Waals surface area contributed by atoms with Gasteiger partial charge in [-0.2, -0.15) is 0 Å². The third-order valence-corrected chi connectivity index (χ3v) is 5.24. The molecule has 0 spiro atoms. The number of benzene rings is 2. The van der Waals surface area contributed by atoms with Crippen molar-refractivity contribution >= 4 is 23.5 Å². The smallest absolute Gasteiger partial charge is 0.311 e. The van der Waals surface area contributed by atoms with E-state index in [9.17, 15) is 14.4 Å². The summed E-state index contributed by atoms with van der Waals surface area (Å²) in [5.74, 6) is -1.55. The number of hydrogen-bond donors (Lipinski definition) is 1. The van der Waals surface area contributed by atoms with Gasteiger partial charge in [-0.05, 0) is 38.0 Å². The van der Waals surface area contributed by atoms with Crippen molar-refractivity contribution in [3.05, 3.63) is 65.2 Å². The molecule has 6 nitrogen and oxygen atoms in total. The number of hydrogen-bond acceptors (Lipinski definition) is 4. The number of carbonyl (C=O) groups is 3. The topological polar surface area (TPSA) is 75.7 Å². The van der Waals surface area contributed by atoms with Gasteiger partial charge in [0.05, 0.1) is 12.0 Å². The molecule has 1 heterocycles. The molecule has 0 bridgehead atoms. The molecule has 2 aromatic carbocycles. The Balaban J connectivity index is 1.52. The maximum Gasteiger partial charge on any atom is 0.311 e. The molecule has 6 heteroatoms. The molecule has 1 aliphatic heterocycles. The number of likely N-dealkylation sites (tertiary alicyclic amines) is 1. The van der Waals surface area contributed by atoms with Crippen molar-refractivity contribution in [1.29, 1.82) is 0 Å². The molecule has 1 fully saturated rings. The predicted octanol–water partition coefficient (Wildman–Crippen LogP) is 3.39. The lowest BCUT2D eigenvalue weighted by Crippen LogP contribution is -2.30. The molecular formula is C23H26N2O4. The summed E-state index contributed by atoms with van der Waals surface area (Å²) < 4.78 is 5.18. The number of ether oxygens (including phenoxy) is 1. The second-order valence-electron chi connectivity index (χ2n) is 7.51. The second-order valence-corrected chi connectivity index (χ2v) is 7.51. The Kier molecular flexibility index (Phi) is 6.32. The van der Waals surface area contributed by atoms with E-state index in [-0.39, 0.29) is 25.0 Å². The van der Waals surface area contributed by atoms with E-state index < -0.39 is 17.8 Å². The molecule has 0 radical (unpaired) electrons. The maximum atomic E-state index is 12.4. The molecule has 2 atom stereocenters. The van der Waals surface area contributed by atoms with Gasteiger partial charge in [-0.15, -0.1) is 0 Å². The van der Waals surface area contributed by atoms with Gasteiger partial charge in [0.25, 0.3) is 5.91 Å². The highest BCUT2D eigenvalue weighted by molar-refractivity contribution is 5.94. The summed E-state index contributed by atoms with van der Waals surface area (Å²) in [6.07, 6.45) is 0.106. The third-order valence-electron chi connectivity index (χ3n) is 5.24. The van der Waals surface area contributed by atoms with Gasteiger partial charge >= 0.3 is 5.97 Å². The summed E-state index contributed by atoms with van der Waals surface area (Å²) in [6, 6.07) is 15.3. The predicted molar refractivity (Wildman–Crippen MR) is 110 cm³/mol. The molecule has 2 amide bonds. The van der Waals surface area contributed by atoms with E-state index >= 15 is 0 Å². The quantitative estimate of drug-likeness (QED) is 0.762. The minimum atomic E-state index is -0.553. The number of esters is 1. The standard InChI is InChI=1S/C23H26N2O4/c1-15-9-10-20(16(2)11-15)24-21(26)14-29-23(28)19-12-22(27)25(13-19)17(3)18-7-5-4-6-8-18/h4-11,17,19H,12-14H2,1-3H3,(H,24,26)/t17-,19+/m1/s1. The summed E-state index contributed by atoms with van der Waals surface area (Å²) in [4.78, 5) is 38.6. The normalized spacial score (nSPS) is 17.1. The first-order valence-electron chi connectivity index (χ1n) is 9.73. The van der Waals surface area contributed by atoms with Crippen molar-refractivity contribution in [2.24, 2.45) is 5.92 Å². The highest BCUT2D eigenvalue weighted by Crippen LogP contribution is 2.29. The van der Waals surface area contributed by atoms with Gasteiger partial charge in [0.2, 0.25) is 5.91 Å². The molecular weight excluding hydrogens is 368 g/mol. The summed E-state index contributed by atoms with van der Waals surface area (Å²) >= 11 is 0. The van der Waals surface area contributed by atoms with Crippen molar-refractivity contribution in [3.63, 3.8) is 0 Å². The number of nitrogens with zero attached hydrogens (tertiary/aromatic N) is 1. The van der Waals surface area contributed by atoms with Crippen LogP contribution < -0.4 is 5.32 Å². The molecule has 1 saturated heterocycles. The molecule has 1 aliphatic rings. The summed E-state index contributed by atoms with van der Waals surface area (Å²) in [5.41, 5.74) is 3.75. The average Bonchev–Trinajstić information content (AvgIpc) is 3.10. The van der Waals surface area contributed by atoms with Crippen LogP contribution in [0.4, 0.5) is 5.69 Å². The third kappa shape index (κ3) is 5.02. The van der Waals surface area contributed by atoms with Crippen LogP contribution in [0.5, 0.6) is 0 Å². The van der Waals surface area contributed by atoms with Crippen molar-refractivity contribution in [2.45, 2.75) is 33.2 Å². The number of anilines is 1. The molecule has 0 aliphatic carbocycles. The Labute approximate surface area is 170 Å². The molecule has 1 N–H and O–H groups in total. The number of aryl methyl sites for hydroxylation is 2. The molecule has 2 aromatic rings. The molecule has 0 aromatic heterocycles. The van der Waals surface area contributed by atoms with Crippen molar-refractivity contribution < 1.29 is 19.1 Å². The molecule has 3 rings (SSSR count). The van der Waals surface area contributed by atoms with Crippen LogP contribution in [0, 0.1) is 19.8 Å². The van der Waals surface area contributed by atoms with E-state index in [0.717, 1.165) is 16.7 Å². The van der Waals surface area contributed by atoms with E-state index in [4.69, 9.17) is 4.74 Å². The van der Waals surface area contributed by atoms with Crippen LogP contribution in [-0.4, -0.2) is 35.8 Å². The number of carbonyl (C=O) groups excluding carboxylic acids is 3. The Morgan fingerprint density at radius 2 is 1.90 bits per heavy atom. The average molecular weight is 394 g/mol. The second kappa shape index (κ2) is 8.90. The summed E-state index contributed by atoms with van der Waals surface area (Å²) in [5, 5.41) is 2.75. The monoisotopic (exact) mass is 394 g/mol. The fourth-order valence-corrected chi connectivity index (χ4v) is 3.57. The fourth-order valence-electron chi connectivity index (χ4n) is 3.57. The van der Waals surface area contributed by atoms with Crippen LogP contribution in [0.3, 0.4) is 0 Å². The Morgan fingerprint density at radius 1 is 1.17 bits per heavy atom. The van der Waals surface area contributed by atoms with Gasteiger partial charge in [0.1, 0.15) is 0 Å². The zero-order valence-electron chi connectivity index (χ0n) is 17.0.